The van der Waals surface area contributed by atoms with Gasteiger partial charge in [-0.2, -0.15) is 0 Å². The van der Waals surface area contributed by atoms with Crippen LogP contribution < -0.4 is 5.32 Å². The Kier molecular flexibility index (Phi) is 6.11. The largest absolute Gasteiger partial charge is 0.362 e. The summed E-state index contributed by atoms with van der Waals surface area (Å²) in [7, 11) is -0.611. The number of hydrogen-bond acceptors (Lipinski definition) is 4. The molecule has 2 N–H and O–H groups in total. The number of hydrogen-bond donors (Lipinski definition) is 2. The van der Waals surface area contributed by atoms with Crippen molar-refractivity contribution >= 4 is 49.2 Å². The number of benzene rings is 1. The molecule has 5 nitrogen and oxygen atoms in total. The highest BCUT2D eigenvalue weighted by Gasteiger charge is 2.40. The first kappa shape index (κ1) is 21.2. The summed E-state index contributed by atoms with van der Waals surface area (Å²) < 4.78 is 10.5. The number of ketones is 2. The first-order chi connectivity index (χ1) is 14.4. The number of aromatic amines is 1. The summed E-state index contributed by atoms with van der Waals surface area (Å²) in [5.74, 6) is 0.112. The summed E-state index contributed by atoms with van der Waals surface area (Å²) >= 11 is 3.55. The van der Waals surface area contributed by atoms with Gasteiger partial charge in [-0.25, -0.2) is 0 Å². The Hall–Kier alpha value is -1.99. The Balaban J connectivity index is 0.000000503. The molecule has 0 amide bonds. The molecule has 0 fully saturated rings. The second-order valence-corrected chi connectivity index (χ2v) is 10.5. The molecule has 7 heteroatoms. The van der Waals surface area contributed by atoms with Gasteiger partial charge in [-0.15, -0.1) is 0 Å². The first-order valence-corrected chi connectivity index (χ1v) is 12.9. The number of carbonyl (C=O) groups excluding carboxylic acids is 2. The molecular formula is C23H25BrN2O3S. The second kappa shape index (κ2) is 8.63. The van der Waals surface area contributed by atoms with Crippen molar-refractivity contribution in [1.82, 2.24) is 10.3 Å². The number of nitrogens with one attached hydrogen (secondary N) is 2. The van der Waals surface area contributed by atoms with E-state index in [-0.39, 0.29) is 17.5 Å². The first-order valence-electron chi connectivity index (χ1n) is 10.2. The summed E-state index contributed by atoms with van der Waals surface area (Å²) in [5, 5.41) is 4.54. The smallest absolute Gasteiger partial charge is 0.161 e. The van der Waals surface area contributed by atoms with Crippen LogP contribution in [-0.4, -0.2) is 33.3 Å². The van der Waals surface area contributed by atoms with E-state index in [9.17, 15) is 13.8 Å². The van der Waals surface area contributed by atoms with Crippen molar-refractivity contribution in [3.05, 3.63) is 57.0 Å². The maximum Gasteiger partial charge on any atom is 0.161 e. The van der Waals surface area contributed by atoms with Gasteiger partial charge in [-0.05, 0) is 49.4 Å². The van der Waals surface area contributed by atoms with E-state index >= 15 is 0 Å². The number of halogens is 1. The van der Waals surface area contributed by atoms with Crippen LogP contribution in [0, 0.1) is 0 Å². The molecule has 0 spiro atoms. The molecular weight excluding hydrogens is 464 g/mol. The van der Waals surface area contributed by atoms with E-state index in [2.05, 4.69) is 32.3 Å². The predicted molar refractivity (Wildman–Crippen MR) is 124 cm³/mol. The van der Waals surface area contributed by atoms with Gasteiger partial charge in [0.05, 0.1) is 0 Å². The zero-order valence-corrected chi connectivity index (χ0v) is 19.5. The highest BCUT2D eigenvalue weighted by atomic mass is 79.9. The van der Waals surface area contributed by atoms with Crippen LogP contribution in [0.4, 0.5) is 0 Å². The average Bonchev–Trinajstić information content (AvgIpc) is 3.09. The Bertz CT molecular complexity index is 1080. The number of allylic oxidation sites excluding steroid dienone is 4. The quantitative estimate of drug-likeness (QED) is 0.613. The van der Waals surface area contributed by atoms with E-state index in [0.29, 0.717) is 12.8 Å². The van der Waals surface area contributed by atoms with Crippen molar-refractivity contribution < 1.29 is 13.8 Å². The van der Waals surface area contributed by atoms with E-state index in [4.69, 9.17) is 0 Å². The van der Waals surface area contributed by atoms with Crippen molar-refractivity contribution in [1.29, 1.82) is 0 Å². The van der Waals surface area contributed by atoms with E-state index in [1.54, 1.807) is 12.5 Å². The fraction of sp³-hybridized carbons (Fsp3) is 0.391. The normalized spacial score (nSPS) is 19.5. The molecule has 2 aromatic rings. The Labute approximate surface area is 187 Å². The molecule has 5 rings (SSSR count). The summed E-state index contributed by atoms with van der Waals surface area (Å²) in [6.45, 7) is 0. The Morgan fingerprint density at radius 1 is 0.967 bits per heavy atom. The number of Topliss-reactive ketones (excluding diaryl/α,β-unsaturated/α-hetero) is 2. The van der Waals surface area contributed by atoms with Gasteiger partial charge in [0.2, 0.25) is 0 Å². The zero-order valence-electron chi connectivity index (χ0n) is 17.1. The molecule has 0 unspecified atom stereocenters. The van der Waals surface area contributed by atoms with Crippen molar-refractivity contribution in [2.75, 3.05) is 12.5 Å². The molecule has 0 atom stereocenters. The number of aromatic nitrogens is 1. The van der Waals surface area contributed by atoms with Crippen LogP contribution in [0.3, 0.4) is 0 Å². The van der Waals surface area contributed by atoms with Crippen molar-refractivity contribution in [3.8, 4) is 0 Å². The SMILES string of the molecule is CS(C)=O.O=C1CCCC2=C1C(c1c[nH]c3ccc(Br)cc13)C1=C(CCCC1=O)N2. The van der Waals surface area contributed by atoms with Gasteiger partial charge >= 0.3 is 0 Å². The lowest BCUT2D eigenvalue weighted by Gasteiger charge is -2.37. The molecule has 0 saturated carbocycles. The zero-order chi connectivity index (χ0) is 21.4. The molecule has 3 aliphatic rings. The van der Waals surface area contributed by atoms with Crippen LogP contribution in [0.2, 0.25) is 0 Å². The third kappa shape index (κ3) is 3.97. The minimum absolute atomic E-state index is 0.179. The Morgan fingerprint density at radius 3 is 2.10 bits per heavy atom. The van der Waals surface area contributed by atoms with Gasteiger partial charge in [0.15, 0.2) is 11.6 Å². The van der Waals surface area contributed by atoms with Crippen molar-refractivity contribution in [2.24, 2.45) is 0 Å². The minimum atomic E-state index is -0.611. The fourth-order valence-corrected chi connectivity index (χ4v) is 5.01. The number of carbonyl (C=O) groups is 2. The summed E-state index contributed by atoms with van der Waals surface area (Å²) in [6, 6.07) is 6.10. The van der Waals surface area contributed by atoms with Crippen LogP contribution in [0.1, 0.15) is 50.0 Å². The van der Waals surface area contributed by atoms with Gasteiger partial charge in [0.1, 0.15) is 0 Å². The summed E-state index contributed by atoms with van der Waals surface area (Å²) in [6.07, 6.45) is 9.93. The van der Waals surface area contributed by atoms with Crippen LogP contribution in [0.5, 0.6) is 0 Å². The van der Waals surface area contributed by atoms with E-state index in [0.717, 1.165) is 69.2 Å². The van der Waals surface area contributed by atoms with Gasteiger partial charge in [0, 0.05) is 86.2 Å². The van der Waals surface area contributed by atoms with Crippen molar-refractivity contribution in [3.63, 3.8) is 0 Å². The monoisotopic (exact) mass is 488 g/mol. The molecule has 158 valence electrons. The minimum Gasteiger partial charge on any atom is -0.362 e. The summed E-state index contributed by atoms with van der Waals surface area (Å²) in [5.41, 5.74) is 5.75. The van der Waals surface area contributed by atoms with Crippen LogP contribution in [0.15, 0.2) is 51.4 Å². The van der Waals surface area contributed by atoms with Crippen LogP contribution in [-0.2, 0) is 20.4 Å². The third-order valence-electron chi connectivity index (χ3n) is 5.78. The number of H-pyrrole nitrogens is 1. The maximum absolute atomic E-state index is 12.9. The lowest BCUT2D eigenvalue weighted by atomic mass is 9.71. The molecule has 1 aromatic heterocycles. The molecule has 2 aliphatic carbocycles. The molecule has 0 bridgehead atoms. The molecule has 0 saturated heterocycles. The molecule has 1 aromatic carbocycles. The fourth-order valence-electron chi connectivity index (χ4n) is 4.65. The number of rotatable bonds is 1. The molecule has 0 radical (unpaired) electrons. The standard InChI is InChI=1S/C21H19BrN2O2.C2H6OS/c22-11-7-8-14-12(9-11)13(10-23-14)19-20-15(3-1-5-17(20)25)24-16-4-2-6-18(26)21(16)19;1-4(2)3/h7-10,19,23-24H,1-6H2;1-2H3. The van der Waals surface area contributed by atoms with Crippen molar-refractivity contribution in [2.45, 2.75) is 44.4 Å². The van der Waals surface area contributed by atoms with E-state index in [1.807, 2.05) is 18.3 Å². The number of fused-ring (bicyclic) bond motifs is 1. The number of dihydropyridines is 1. The molecule has 1 aliphatic heterocycles. The lowest BCUT2D eigenvalue weighted by molar-refractivity contribution is -0.116. The highest BCUT2D eigenvalue weighted by Crippen LogP contribution is 2.47. The van der Waals surface area contributed by atoms with Crippen LogP contribution >= 0.6 is 15.9 Å². The molecule has 30 heavy (non-hydrogen) atoms. The Morgan fingerprint density at radius 2 is 1.53 bits per heavy atom. The van der Waals surface area contributed by atoms with E-state index in [1.165, 1.54) is 0 Å². The highest BCUT2D eigenvalue weighted by molar-refractivity contribution is 9.10. The van der Waals surface area contributed by atoms with Gasteiger partial charge in [0.25, 0.3) is 0 Å². The van der Waals surface area contributed by atoms with Gasteiger partial charge < -0.3 is 10.3 Å². The lowest BCUT2D eigenvalue weighted by Crippen LogP contribution is -2.36. The topological polar surface area (TPSA) is 79.0 Å². The maximum atomic E-state index is 12.9. The predicted octanol–water partition coefficient (Wildman–Crippen LogP) is 4.63. The van der Waals surface area contributed by atoms with Gasteiger partial charge in [-0.1, -0.05) is 15.9 Å². The third-order valence-corrected chi connectivity index (χ3v) is 6.27. The molecule has 2 heterocycles. The average molecular weight is 489 g/mol. The van der Waals surface area contributed by atoms with Gasteiger partial charge in [-0.3, -0.25) is 13.8 Å². The van der Waals surface area contributed by atoms with E-state index < -0.39 is 10.8 Å². The van der Waals surface area contributed by atoms with Crippen LogP contribution in [0.25, 0.3) is 10.9 Å². The summed E-state index contributed by atoms with van der Waals surface area (Å²) in [4.78, 5) is 29.1. The second-order valence-electron chi connectivity index (χ2n) is 8.07.